The van der Waals surface area contributed by atoms with Crippen LogP contribution in [0.2, 0.25) is 5.02 Å². The second-order valence-corrected chi connectivity index (χ2v) is 9.56. The van der Waals surface area contributed by atoms with Gasteiger partial charge in [0.05, 0.1) is 11.4 Å². The Morgan fingerprint density at radius 3 is 2.69 bits per heavy atom. The van der Waals surface area contributed by atoms with Gasteiger partial charge >= 0.3 is 0 Å². The molecule has 168 valence electrons. The van der Waals surface area contributed by atoms with Crippen molar-refractivity contribution in [2.75, 3.05) is 50.7 Å². The van der Waals surface area contributed by atoms with Gasteiger partial charge in [-0.25, -0.2) is 4.98 Å². The van der Waals surface area contributed by atoms with Crippen LogP contribution in [0.3, 0.4) is 0 Å². The number of thioether (sulfide) groups is 1. The van der Waals surface area contributed by atoms with Crippen molar-refractivity contribution in [2.24, 2.45) is 0 Å². The number of halogens is 1. The van der Waals surface area contributed by atoms with Gasteiger partial charge in [0.25, 0.3) is 11.1 Å². The van der Waals surface area contributed by atoms with Crippen molar-refractivity contribution in [2.45, 2.75) is 0 Å². The third-order valence-electron chi connectivity index (χ3n) is 5.15. The molecule has 0 saturated carbocycles. The van der Waals surface area contributed by atoms with E-state index in [4.69, 9.17) is 11.6 Å². The maximum Gasteiger partial charge on any atom is 0.293 e. The van der Waals surface area contributed by atoms with E-state index >= 15 is 0 Å². The van der Waals surface area contributed by atoms with Gasteiger partial charge in [0.15, 0.2) is 5.13 Å². The summed E-state index contributed by atoms with van der Waals surface area (Å²) in [5.74, 6) is -0.487. The molecular weight excluding hydrogens is 470 g/mol. The zero-order valence-corrected chi connectivity index (χ0v) is 19.6. The molecule has 0 unspecified atom stereocenters. The summed E-state index contributed by atoms with van der Waals surface area (Å²) in [6, 6.07) is 7.13. The number of carbonyl (C=O) groups excluding carboxylic acids is 3. The van der Waals surface area contributed by atoms with Gasteiger partial charge in [-0.2, -0.15) is 0 Å². The molecular formula is C21H22ClN5O3S2. The molecule has 4 rings (SSSR count). The number of amides is 3. The molecule has 0 radical (unpaired) electrons. The summed E-state index contributed by atoms with van der Waals surface area (Å²) >= 11 is 8.63. The highest BCUT2D eigenvalue weighted by molar-refractivity contribution is 8.18. The number of nitrogens with one attached hydrogen (secondary N) is 1. The van der Waals surface area contributed by atoms with E-state index < -0.39 is 0 Å². The number of imide groups is 1. The van der Waals surface area contributed by atoms with E-state index in [1.807, 2.05) is 11.4 Å². The topological polar surface area (TPSA) is 85.8 Å². The largest absolute Gasteiger partial charge is 0.353 e. The predicted molar refractivity (Wildman–Crippen MR) is 128 cm³/mol. The monoisotopic (exact) mass is 491 g/mol. The summed E-state index contributed by atoms with van der Waals surface area (Å²) in [4.78, 5) is 47.3. The first kappa shape index (κ1) is 22.8. The maximum atomic E-state index is 12.6. The summed E-state index contributed by atoms with van der Waals surface area (Å²) in [7, 11) is 0. The van der Waals surface area contributed by atoms with Crippen molar-refractivity contribution in [1.82, 2.24) is 20.1 Å². The molecule has 2 aliphatic rings. The minimum atomic E-state index is -0.368. The van der Waals surface area contributed by atoms with Gasteiger partial charge in [0.1, 0.15) is 0 Å². The second kappa shape index (κ2) is 10.5. The molecule has 1 aromatic heterocycles. The molecule has 2 aromatic rings. The molecule has 0 bridgehead atoms. The molecule has 32 heavy (non-hydrogen) atoms. The fraction of sp³-hybridized carbons (Fsp3) is 0.333. The summed E-state index contributed by atoms with van der Waals surface area (Å²) < 4.78 is 0. The van der Waals surface area contributed by atoms with Crippen molar-refractivity contribution in [3.8, 4) is 0 Å². The highest BCUT2D eigenvalue weighted by atomic mass is 35.5. The number of nitrogens with zero attached hydrogens (tertiary/aromatic N) is 4. The Balaban J connectivity index is 1.21. The number of aromatic nitrogens is 1. The average Bonchev–Trinajstić information content (AvgIpc) is 3.40. The van der Waals surface area contributed by atoms with Crippen molar-refractivity contribution in [1.29, 1.82) is 0 Å². The van der Waals surface area contributed by atoms with Crippen LogP contribution in [0.4, 0.5) is 9.93 Å². The van der Waals surface area contributed by atoms with Crippen LogP contribution in [-0.2, 0) is 9.59 Å². The van der Waals surface area contributed by atoms with Crippen LogP contribution in [-0.4, -0.2) is 77.7 Å². The Hall–Kier alpha value is -2.40. The van der Waals surface area contributed by atoms with Crippen molar-refractivity contribution < 1.29 is 14.4 Å². The first-order valence-corrected chi connectivity index (χ1v) is 12.2. The lowest BCUT2D eigenvalue weighted by Gasteiger charge is -2.34. The summed E-state index contributed by atoms with van der Waals surface area (Å²) in [6.07, 6.45) is 3.42. The van der Waals surface area contributed by atoms with E-state index in [0.29, 0.717) is 22.0 Å². The molecule has 3 amide bonds. The minimum absolute atomic E-state index is 0.119. The number of piperazine rings is 1. The van der Waals surface area contributed by atoms with Gasteiger partial charge in [-0.3, -0.25) is 24.2 Å². The number of rotatable bonds is 7. The Morgan fingerprint density at radius 1 is 1.19 bits per heavy atom. The maximum absolute atomic E-state index is 12.6. The zero-order chi connectivity index (χ0) is 22.5. The standard InChI is InChI=1S/C21H22ClN5O3S2/c22-16-4-2-1-3-15(16)13-17-19(29)27(21(30)32-17)7-5-23-18(28)14-25-8-10-26(11-9-25)20-24-6-12-31-20/h1-4,6,12-13H,5,7-11,14H2,(H,23,28). The van der Waals surface area contributed by atoms with Crippen LogP contribution in [0.25, 0.3) is 6.08 Å². The van der Waals surface area contributed by atoms with Gasteiger partial charge in [0, 0.05) is 55.9 Å². The Bertz CT molecular complexity index is 1020. The Labute approximate surface area is 199 Å². The van der Waals surface area contributed by atoms with Crippen LogP contribution in [0.1, 0.15) is 5.56 Å². The van der Waals surface area contributed by atoms with Gasteiger partial charge in [-0.1, -0.05) is 29.8 Å². The number of hydrogen-bond acceptors (Lipinski definition) is 8. The molecule has 1 N–H and O–H groups in total. The molecule has 2 saturated heterocycles. The Kier molecular flexibility index (Phi) is 7.46. The SMILES string of the molecule is O=C(CN1CCN(c2nccs2)CC1)NCCN1C(=O)SC(=Cc2ccccc2Cl)C1=O. The van der Waals surface area contributed by atoms with Gasteiger partial charge in [-0.15, -0.1) is 11.3 Å². The van der Waals surface area contributed by atoms with E-state index in [0.717, 1.165) is 48.0 Å². The number of hydrogen-bond donors (Lipinski definition) is 1. The van der Waals surface area contributed by atoms with Crippen LogP contribution in [0.15, 0.2) is 40.7 Å². The van der Waals surface area contributed by atoms with Crippen molar-refractivity contribution in [3.05, 3.63) is 51.3 Å². The molecule has 2 fully saturated rings. The number of carbonyl (C=O) groups is 3. The summed E-state index contributed by atoms with van der Waals surface area (Å²) in [5, 5.41) is 5.94. The third-order valence-corrected chi connectivity index (χ3v) is 7.24. The fourth-order valence-electron chi connectivity index (χ4n) is 3.46. The third kappa shape index (κ3) is 5.50. The first-order valence-electron chi connectivity index (χ1n) is 10.1. The molecule has 8 nitrogen and oxygen atoms in total. The quantitative estimate of drug-likeness (QED) is 0.596. The second-order valence-electron chi connectivity index (χ2n) is 7.28. The van der Waals surface area contributed by atoms with Gasteiger partial charge in [0.2, 0.25) is 5.91 Å². The summed E-state index contributed by atoms with van der Waals surface area (Å²) in [5.41, 5.74) is 0.683. The minimum Gasteiger partial charge on any atom is -0.353 e. The number of anilines is 1. The lowest BCUT2D eigenvalue weighted by molar-refractivity contribution is -0.124. The van der Waals surface area contributed by atoms with Crippen LogP contribution >= 0.6 is 34.7 Å². The first-order chi connectivity index (χ1) is 15.5. The average molecular weight is 492 g/mol. The predicted octanol–water partition coefficient (Wildman–Crippen LogP) is 2.77. The lowest BCUT2D eigenvalue weighted by Crippen LogP contribution is -2.50. The van der Waals surface area contributed by atoms with Gasteiger partial charge < -0.3 is 10.2 Å². The normalized spacial score (nSPS) is 18.6. The van der Waals surface area contributed by atoms with E-state index in [1.165, 1.54) is 0 Å². The van der Waals surface area contributed by atoms with Crippen molar-refractivity contribution >= 4 is 63.0 Å². The molecule has 0 atom stereocenters. The lowest BCUT2D eigenvalue weighted by atomic mass is 10.2. The van der Waals surface area contributed by atoms with Crippen LogP contribution in [0, 0.1) is 0 Å². The highest BCUT2D eigenvalue weighted by Gasteiger charge is 2.34. The molecule has 2 aliphatic heterocycles. The Morgan fingerprint density at radius 2 is 1.97 bits per heavy atom. The van der Waals surface area contributed by atoms with E-state index in [-0.39, 0.29) is 30.1 Å². The zero-order valence-electron chi connectivity index (χ0n) is 17.2. The molecule has 0 spiro atoms. The summed E-state index contributed by atoms with van der Waals surface area (Å²) in [6.45, 7) is 3.86. The van der Waals surface area contributed by atoms with Crippen LogP contribution in [0.5, 0.6) is 0 Å². The van der Waals surface area contributed by atoms with Crippen molar-refractivity contribution in [3.63, 3.8) is 0 Å². The van der Waals surface area contributed by atoms with E-state index in [2.05, 4.69) is 20.1 Å². The molecule has 0 aliphatic carbocycles. The molecule has 1 aromatic carbocycles. The number of thiazole rings is 1. The van der Waals surface area contributed by atoms with Gasteiger partial charge in [-0.05, 0) is 29.5 Å². The highest BCUT2D eigenvalue weighted by Crippen LogP contribution is 2.33. The molecule has 3 heterocycles. The van der Waals surface area contributed by atoms with E-state index in [9.17, 15) is 14.4 Å². The van der Waals surface area contributed by atoms with E-state index in [1.54, 1.807) is 41.8 Å². The fourth-order valence-corrected chi connectivity index (χ4v) is 5.20. The smallest absolute Gasteiger partial charge is 0.293 e. The van der Waals surface area contributed by atoms with Crippen LogP contribution < -0.4 is 10.2 Å². The molecule has 11 heteroatoms. The number of benzene rings is 1.